The Labute approximate surface area is 143 Å². The third kappa shape index (κ3) is 3.18. The SMILES string of the molecule is C[C@H](NCCCN1CCCC1=O)c1ccc2c(c1)C(C)(C)C(=O)N2. The maximum Gasteiger partial charge on any atom is 0.234 e. The lowest BCUT2D eigenvalue weighted by Gasteiger charge is -2.20. The summed E-state index contributed by atoms with van der Waals surface area (Å²) in [7, 11) is 0. The van der Waals surface area contributed by atoms with E-state index in [0.717, 1.165) is 43.7 Å². The van der Waals surface area contributed by atoms with E-state index in [4.69, 9.17) is 0 Å². The van der Waals surface area contributed by atoms with E-state index < -0.39 is 5.41 Å². The van der Waals surface area contributed by atoms with E-state index in [-0.39, 0.29) is 11.9 Å². The van der Waals surface area contributed by atoms with Crippen molar-refractivity contribution in [2.75, 3.05) is 25.0 Å². The highest BCUT2D eigenvalue weighted by Crippen LogP contribution is 2.38. The van der Waals surface area contributed by atoms with Crippen molar-refractivity contribution in [3.63, 3.8) is 0 Å². The summed E-state index contributed by atoms with van der Waals surface area (Å²) < 4.78 is 0. The third-order valence-corrected chi connectivity index (χ3v) is 5.26. The van der Waals surface area contributed by atoms with E-state index >= 15 is 0 Å². The number of nitrogens with one attached hydrogen (secondary N) is 2. The van der Waals surface area contributed by atoms with Gasteiger partial charge in [-0.15, -0.1) is 0 Å². The number of carbonyl (C=O) groups is 2. The fraction of sp³-hybridized carbons (Fsp3) is 0.579. The van der Waals surface area contributed by atoms with E-state index in [2.05, 4.69) is 29.7 Å². The molecule has 2 aliphatic heterocycles. The molecule has 0 aromatic heterocycles. The van der Waals surface area contributed by atoms with Gasteiger partial charge in [0.05, 0.1) is 5.41 Å². The summed E-state index contributed by atoms with van der Waals surface area (Å²) in [6.45, 7) is 8.69. The fourth-order valence-electron chi connectivity index (χ4n) is 3.50. The lowest BCUT2D eigenvalue weighted by atomic mass is 9.85. The van der Waals surface area contributed by atoms with Crippen LogP contribution in [0.1, 0.15) is 57.2 Å². The first-order valence-corrected chi connectivity index (χ1v) is 8.86. The molecule has 2 N–H and O–H groups in total. The first-order valence-electron chi connectivity index (χ1n) is 8.86. The zero-order chi connectivity index (χ0) is 17.3. The number of hydrogen-bond donors (Lipinski definition) is 2. The molecule has 0 aliphatic carbocycles. The van der Waals surface area contributed by atoms with Crippen molar-refractivity contribution in [3.05, 3.63) is 29.3 Å². The molecule has 24 heavy (non-hydrogen) atoms. The minimum atomic E-state index is -0.471. The van der Waals surface area contributed by atoms with Crippen LogP contribution in [-0.4, -0.2) is 36.3 Å². The number of fused-ring (bicyclic) bond motifs is 1. The third-order valence-electron chi connectivity index (χ3n) is 5.26. The van der Waals surface area contributed by atoms with Gasteiger partial charge in [-0.25, -0.2) is 0 Å². The highest BCUT2D eigenvalue weighted by Gasteiger charge is 2.38. The quantitative estimate of drug-likeness (QED) is 0.789. The number of hydrogen-bond acceptors (Lipinski definition) is 3. The topological polar surface area (TPSA) is 61.4 Å². The molecule has 1 saturated heterocycles. The summed E-state index contributed by atoms with van der Waals surface area (Å²) in [5, 5.41) is 6.47. The van der Waals surface area contributed by atoms with Crippen LogP contribution < -0.4 is 10.6 Å². The average molecular weight is 329 g/mol. The minimum absolute atomic E-state index is 0.0607. The van der Waals surface area contributed by atoms with Gasteiger partial charge in [0.15, 0.2) is 0 Å². The lowest BCUT2D eigenvalue weighted by molar-refractivity contribution is -0.127. The highest BCUT2D eigenvalue weighted by atomic mass is 16.2. The molecule has 0 unspecified atom stereocenters. The van der Waals surface area contributed by atoms with Crippen LogP contribution in [0.25, 0.3) is 0 Å². The zero-order valence-corrected chi connectivity index (χ0v) is 14.8. The summed E-state index contributed by atoms with van der Waals surface area (Å²) in [5.41, 5.74) is 2.71. The van der Waals surface area contributed by atoms with Gasteiger partial charge in [0, 0.05) is 31.2 Å². The summed E-state index contributed by atoms with van der Waals surface area (Å²) in [6, 6.07) is 6.42. The number of benzene rings is 1. The van der Waals surface area contributed by atoms with Gasteiger partial charge in [0.2, 0.25) is 11.8 Å². The lowest BCUT2D eigenvalue weighted by Crippen LogP contribution is -2.29. The maximum atomic E-state index is 12.0. The van der Waals surface area contributed by atoms with Gasteiger partial charge < -0.3 is 15.5 Å². The Hall–Kier alpha value is -1.88. The highest BCUT2D eigenvalue weighted by molar-refractivity contribution is 6.05. The molecule has 2 aliphatic rings. The van der Waals surface area contributed by atoms with Gasteiger partial charge in [-0.2, -0.15) is 0 Å². The zero-order valence-electron chi connectivity index (χ0n) is 14.8. The van der Waals surface area contributed by atoms with E-state index in [1.807, 2.05) is 24.8 Å². The molecule has 1 fully saturated rings. The van der Waals surface area contributed by atoms with Crippen molar-refractivity contribution in [1.82, 2.24) is 10.2 Å². The van der Waals surface area contributed by atoms with Crippen LogP contribution >= 0.6 is 0 Å². The molecule has 5 heteroatoms. The van der Waals surface area contributed by atoms with Crippen LogP contribution in [0.3, 0.4) is 0 Å². The molecular formula is C19H27N3O2. The maximum absolute atomic E-state index is 12.0. The van der Waals surface area contributed by atoms with Crippen LogP contribution in [0.2, 0.25) is 0 Å². The normalized spacial score (nSPS) is 20.2. The Morgan fingerprint density at radius 1 is 1.33 bits per heavy atom. The summed E-state index contributed by atoms with van der Waals surface area (Å²) in [5.74, 6) is 0.353. The smallest absolute Gasteiger partial charge is 0.234 e. The van der Waals surface area contributed by atoms with Crippen LogP contribution in [0.5, 0.6) is 0 Å². The second-order valence-corrected chi connectivity index (χ2v) is 7.40. The average Bonchev–Trinajstić information content (AvgIpc) is 3.05. The molecule has 1 aromatic rings. The number of anilines is 1. The first-order chi connectivity index (χ1) is 11.4. The van der Waals surface area contributed by atoms with Gasteiger partial charge >= 0.3 is 0 Å². The molecule has 0 radical (unpaired) electrons. The van der Waals surface area contributed by atoms with Crippen molar-refractivity contribution in [2.45, 2.75) is 51.5 Å². The molecule has 2 heterocycles. The number of carbonyl (C=O) groups excluding carboxylic acids is 2. The minimum Gasteiger partial charge on any atom is -0.343 e. The second kappa shape index (κ2) is 6.55. The largest absolute Gasteiger partial charge is 0.343 e. The Balaban J connectivity index is 1.54. The Kier molecular flexibility index (Phi) is 4.63. The molecule has 3 rings (SSSR count). The van der Waals surface area contributed by atoms with Gasteiger partial charge in [-0.05, 0) is 57.4 Å². The summed E-state index contributed by atoms with van der Waals surface area (Å²) in [4.78, 5) is 25.6. The first kappa shape index (κ1) is 17.0. The molecule has 0 saturated carbocycles. The van der Waals surface area contributed by atoms with E-state index in [1.54, 1.807) is 0 Å². The van der Waals surface area contributed by atoms with E-state index in [9.17, 15) is 9.59 Å². The molecule has 2 amide bonds. The van der Waals surface area contributed by atoms with Crippen molar-refractivity contribution < 1.29 is 9.59 Å². The van der Waals surface area contributed by atoms with Gasteiger partial charge in [-0.3, -0.25) is 9.59 Å². The molecule has 130 valence electrons. The van der Waals surface area contributed by atoms with E-state index in [0.29, 0.717) is 12.3 Å². The van der Waals surface area contributed by atoms with Crippen molar-refractivity contribution in [3.8, 4) is 0 Å². The van der Waals surface area contributed by atoms with Crippen LogP contribution in [0, 0.1) is 0 Å². The van der Waals surface area contributed by atoms with Crippen molar-refractivity contribution in [2.24, 2.45) is 0 Å². The fourth-order valence-corrected chi connectivity index (χ4v) is 3.50. The second-order valence-electron chi connectivity index (χ2n) is 7.40. The van der Waals surface area contributed by atoms with Crippen molar-refractivity contribution >= 4 is 17.5 Å². The monoisotopic (exact) mass is 329 g/mol. The number of amides is 2. The molecule has 1 aromatic carbocycles. The summed E-state index contributed by atoms with van der Waals surface area (Å²) in [6.07, 6.45) is 2.67. The van der Waals surface area contributed by atoms with E-state index in [1.165, 1.54) is 5.56 Å². The Morgan fingerprint density at radius 3 is 2.83 bits per heavy atom. The van der Waals surface area contributed by atoms with Gasteiger partial charge in [0.1, 0.15) is 0 Å². The van der Waals surface area contributed by atoms with Crippen LogP contribution in [0.15, 0.2) is 18.2 Å². The van der Waals surface area contributed by atoms with Crippen LogP contribution in [-0.2, 0) is 15.0 Å². The molecular weight excluding hydrogens is 302 g/mol. The predicted octanol–water partition coefficient (Wildman–Crippen LogP) is 2.58. The molecule has 0 bridgehead atoms. The molecule has 5 nitrogen and oxygen atoms in total. The van der Waals surface area contributed by atoms with Gasteiger partial charge in [-0.1, -0.05) is 12.1 Å². The Morgan fingerprint density at radius 2 is 2.12 bits per heavy atom. The number of rotatable bonds is 6. The molecule has 0 spiro atoms. The van der Waals surface area contributed by atoms with Crippen molar-refractivity contribution in [1.29, 1.82) is 0 Å². The Bertz CT molecular complexity index is 654. The summed E-state index contributed by atoms with van der Waals surface area (Å²) >= 11 is 0. The number of likely N-dealkylation sites (tertiary alicyclic amines) is 1. The van der Waals surface area contributed by atoms with Crippen LogP contribution in [0.4, 0.5) is 5.69 Å². The standard InChI is InChI=1S/C19H27N3O2/c1-13(20-9-5-11-22-10-4-6-17(22)23)14-7-8-16-15(12-14)19(2,3)18(24)21-16/h7-8,12-13,20H,4-6,9-11H2,1-3H3,(H,21,24)/t13-/m0/s1. The predicted molar refractivity (Wildman–Crippen MR) is 94.9 cm³/mol. The molecule has 1 atom stereocenters. The van der Waals surface area contributed by atoms with Gasteiger partial charge in [0.25, 0.3) is 0 Å². The number of nitrogens with zero attached hydrogens (tertiary/aromatic N) is 1.